The van der Waals surface area contributed by atoms with Gasteiger partial charge in [-0.25, -0.2) is 8.78 Å². The van der Waals surface area contributed by atoms with Gasteiger partial charge in [-0.15, -0.1) is 0 Å². The molecule has 14 heavy (non-hydrogen) atoms. The summed E-state index contributed by atoms with van der Waals surface area (Å²) in [4.78, 5) is 0. The summed E-state index contributed by atoms with van der Waals surface area (Å²) in [5.74, 6) is 0. The van der Waals surface area contributed by atoms with E-state index in [0.29, 0.717) is 12.2 Å². The van der Waals surface area contributed by atoms with Crippen molar-refractivity contribution in [2.24, 2.45) is 5.73 Å². The van der Waals surface area contributed by atoms with Gasteiger partial charge < -0.3 is 10.5 Å². The average Bonchev–Trinajstić information content (AvgIpc) is 2.17. The summed E-state index contributed by atoms with van der Waals surface area (Å²) in [5.41, 5.74) is 6.60. The molecule has 0 saturated heterocycles. The molecule has 1 rings (SSSR count). The van der Waals surface area contributed by atoms with Gasteiger partial charge in [0.1, 0.15) is 0 Å². The standard InChI is InChI=1S/C10H13F2NO/c1-14-6-7-3-2-4-8(5-7)9(13)10(11)12/h2-5,9-10H,6,13H2,1H3. The summed E-state index contributed by atoms with van der Waals surface area (Å²) in [7, 11) is 1.56. The zero-order valence-electron chi connectivity index (χ0n) is 7.91. The molecule has 1 aromatic carbocycles. The minimum atomic E-state index is -2.53. The summed E-state index contributed by atoms with van der Waals surface area (Å²) >= 11 is 0. The Labute approximate surface area is 81.7 Å². The smallest absolute Gasteiger partial charge is 0.257 e. The summed E-state index contributed by atoms with van der Waals surface area (Å²) < 4.78 is 29.4. The Morgan fingerprint density at radius 2 is 2.14 bits per heavy atom. The lowest BCUT2D eigenvalue weighted by molar-refractivity contribution is 0.116. The number of alkyl halides is 2. The summed E-state index contributed by atoms with van der Waals surface area (Å²) in [5, 5.41) is 0. The lowest BCUT2D eigenvalue weighted by atomic mass is 10.1. The predicted molar refractivity (Wildman–Crippen MR) is 50.1 cm³/mol. The van der Waals surface area contributed by atoms with E-state index in [9.17, 15) is 8.78 Å². The van der Waals surface area contributed by atoms with Crippen molar-refractivity contribution in [3.63, 3.8) is 0 Å². The second-order valence-electron chi connectivity index (χ2n) is 3.04. The molecule has 0 spiro atoms. The number of hydrogen-bond donors (Lipinski definition) is 1. The molecule has 0 amide bonds. The largest absolute Gasteiger partial charge is 0.380 e. The van der Waals surface area contributed by atoms with Gasteiger partial charge in [-0.2, -0.15) is 0 Å². The number of benzene rings is 1. The Balaban J connectivity index is 2.82. The van der Waals surface area contributed by atoms with E-state index >= 15 is 0 Å². The molecule has 2 nitrogen and oxygen atoms in total. The van der Waals surface area contributed by atoms with Crippen LogP contribution in [0.2, 0.25) is 0 Å². The molecule has 0 aliphatic rings. The van der Waals surface area contributed by atoms with Gasteiger partial charge in [-0.3, -0.25) is 0 Å². The van der Waals surface area contributed by atoms with Crippen molar-refractivity contribution in [2.75, 3.05) is 7.11 Å². The number of methoxy groups -OCH3 is 1. The van der Waals surface area contributed by atoms with Gasteiger partial charge in [-0.05, 0) is 11.1 Å². The lowest BCUT2D eigenvalue weighted by Crippen LogP contribution is -2.18. The van der Waals surface area contributed by atoms with Crippen LogP contribution >= 0.6 is 0 Å². The average molecular weight is 201 g/mol. The Hall–Kier alpha value is -1.00. The fraction of sp³-hybridized carbons (Fsp3) is 0.400. The molecule has 0 bridgehead atoms. The Bertz CT molecular complexity index is 291. The first kappa shape index (κ1) is 11.1. The third-order valence-corrected chi connectivity index (χ3v) is 1.92. The van der Waals surface area contributed by atoms with Crippen molar-refractivity contribution in [1.82, 2.24) is 0 Å². The number of rotatable bonds is 4. The van der Waals surface area contributed by atoms with Crippen molar-refractivity contribution in [3.8, 4) is 0 Å². The van der Waals surface area contributed by atoms with Gasteiger partial charge in [0.05, 0.1) is 12.6 Å². The van der Waals surface area contributed by atoms with Gasteiger partial charge >= 0.3 is 0 Å². The van der Waals surface area contributed by atoms with Crippen molar-refractivity contribution in [2.45, 2.75) is 19.1 Å². The zero-order valence-corrected chi connectivity index (χ0v) is 7.91. The maximum absolute atomic E-state index is 12.3. The maximum atomic E-state index is 12.3. The van der Waals surface area contributed by atoms with Crippen LogP contribution in [0.15, 0.2) is 24.3 Å². The van der Waals surface area contributed by atoms with E-state index in [2.05, 4.69) is 0 Å². The van der Waals surface area contributed by atoms with Crippen molar-refractivity contribution in [3.05, 3.63) is 35.4 Å². The molecule has 1 unspecified atom stereocenters. The molecule has 0 heterocycles. The van der Waals surface area contributed by atoms with Gasteiger partial charge in [-0.1, -0.05) is 24.3 Å². The molecule has 2 N–H and O–H groups in total. The van der Waals surface area contributed by atoms with E-state index in [1.165, 1.54) is 0 Å². The number of ether oxygens (including phenoxy) is 1. The van der Waals surface area contributed by atoms with Crippen LogP contribution in [0, 0.1) is 0 Å². The van der Waals surface area contributed by atoms with Crippen molar-refractivity contribution < 1.29 is 13.5 Å². The summed E-state index contributed by atoms with van der Waals surface area (Å²) in [6.07, 6.45) is -2.53. The predicted octanol–water partition coefficient (Wildman–Crippen LogP) is 2.10. The van der Waals surface area contributed by atoms with Crippen LogP contribution in [-0.2, 0) is 11.3 Å². The topological polar surface area (TPSA) is 35.2 Å². The fourth-order valence-corrected chi connectivity index (χ4v) is 1.20. The minimum Gasteiger partial charge on any atom is -0.380 e. The third-order valence-electron chi connectivity index (χ3n) is 1.92. The highest BCUT2D eigenvalue weighted by Crippen LogP contribution is 2.19. The molecular formula is C10H13F2NO. The fourth-order valence-electron chi connectivity index (χ4n) is 1.20. The van der Waals surface area contributed by atoms with Crippen LogP contribution in [0.25, 0.3) is 0 Å². The lowest BCUT2D eigenvalue weighted by Gasteiger charge is -2.11. The Morgan fingerprint density at radius 1 is 1.43 bits per heavy atom. The number of nitrogens with two attached hydrogens (primary N) is 1. The van der Waals surface area contributed by atoms with E-state index in [-0.39, 0.29) is 0 Å². The molecule has 0 aromatic heterocycles. The molecule has 0 fully saturated rings. The number of halogens is 2. The van der Waals surface area contributed by atoms with Gasteiger partial charge in [0.2, 0.25) is 0 Å². The van der Waals surface area contributed by atoms with Crippen molar-refractivity contribution >= 4 is 0 Å². The Kier molecular flexibility index (Phi) is 3.98. The van der Waals surface area contributed by atoms with E-state index in [1.54, 1.807) is 25.3 Å². The summed E-state index contributed by atoms with van der Waals surface area (Å²) in [6.45, 7) is 0.407. The van der Waals surface area contributed by atoms with Gasteiger partial charge in [0.15, 0.2) is 0 Å². The summed E-state index contributed by atoms with van der Waals surface area (Å²) in [6, 6.07) is 5.53. The minimum absolute atomic E-state index is 0.407. The van der Waals surface area contributed by atoms with Crippen molar-refractivity contribution in [1.29, 1.82) is 0 Å². The molecule has 0 aliphatic heterocycles. The quantitative estimate of drug-likeness (QED) is 0.809. The van der Waals surface area contributed by atoms with E-state index < -0.39 is 12.5 Å². The molecule has 1 atom stereocenters. The van der Waals surface area contributed by atoms with Crippen LogP contribution < -0.4 is 5.73 Å². The molecule has 1 aromatic rings. The molecule has 0 aliphatic carbocycles. The molecule has 0 saturated carbocycles. The van der Waals surface area contributed by atoms with E-state index in [1.807, 2.05) is 6.07 Å². The molecular weight excluding hydrogens is 188 g/mol. The van der Waals surface area contributed by atoms with E-state index in [0.717, 1.165) is 5.56 Å². The first-order chi connectivity index (χ1) is 6.65. The third kappa shape index (κ3) is 2.75. The Morgan fingerprint density at radius 3 is 2.71 bits per heavy atom. The van der Waals surface area contributed by atoms with Crippen LogP contribution in [0.3, 0.4) is 0 Å². The SMILES string of the molecule is COCc1cccc(C(N)C(F)F)c1. The highest BCUT2D eigenvalue weighted by Gasteiger charge is 2.17. The van der Waals surface area contributed by atoms with Crippen LogP contribution in [0.5, 0.6) is 0 Å². The molecule has 78 valence electrons. The van der Waals surface area contributed by atoms with Crippen LogP contribution in [-0.4, -0.2) is 13.5 Å². The van der Waals surface area contributed by atoms with Crippen LogP contribution in [0.1, 0.15) is 17.2 Å². The number of hydrogen-bond acceptors (Lipinski definition) is 2. The first-order valence-electron chi connectivity index (χ1n) is 4.26. The second-order valence-corrected chi connectivity index (χ2v) is 3.04. The molecule has 0 radical (unpaired) electrons. The van der Waals surface area contributed by atoms with Gasteiger partial charge in [0, 0.05) is 7.11 Å². The first-order valence-corrected chi connectivity index (χ1v) is 4.26. The van der Waals surface area contributed by atoms with Gasteiger partial charge in [0.25, 0.3) is 6.43 Å². The molecule has 4 heteroatoms. The van der Waals surface area contributed by atoms with E-state index in [4.69, 9.17) is 10.5 Å². The highest BCUT2D eigenvalue weighted by molar-refractivity contribution is 5.25. The normalized spacial score (nSPS) is 13.2. The zero-order chi connectivity index (χ0) is 10.6. The monoisotopic (exact) mass is 201 g/mol. The maximum Gasteiger partial charge on any atom is 0.257 e. The second kappa shape index (κ2) is 5.02. The van der Waals surface area contributed by atoms with Crippen LogP contribution in [0.4, 0.5) is 8.78 Å². The highest BCUT2D eigenvalue weighted by atomic mass is 19.3.